The van der Waals surface area contributed by atoms with Crippen molar-refractivity contribution in [3.63, 3.8) is 0 Å². The molecule has 0 saturated carbocycles. The zero-order valence-corrected chi connectivity index (χ0v) is 6.95. The van der Waals surface area contributed by atoms with Gasteiger partial charge in [0.05, 0.1) is 0 Å². The van der Waals surface area contributed by atoms with Crippen LogP contribution >= 0.6 is 0 Å². The fraction of sp³-hybridized carbons (Fsp3) is 0. The van der Waals surface area contributed by atoms with Gasteiger partial charge < -0.3 is 13.0 Å². The third kappa shape index (κ3) is 52.1. The molecule has 0 unspecified atom stereocenters. The van der Waals surface area contributed by atoms with Crippen molar-refractivity contribution >= 4 is 40.5 Å². The first-order valence-corrected chi connectivity index (χ1v) is 1.55. The van der Waals surface area contributed by atoms with E-state index in [4.69, 9.17) is 13.0 Å². The molecule has 1 N–H and O–H groups in total. The molecule has 0 amide bonds. The summed E-state index contributed by atoms with van der Waals surface area (Å²) in [7, 11) is -2.86. The van der Waals surface area contributed by atoms with E-state index < -0.39 is 11.0 Å². The first-order chi connectivity index (χ1) is 1.73. The molecule has 0 aromatic heterocycles. The van der Waals surface area contributed by atoms with Crippen LogP contribution in [0.5, 0.6) is 0 Å². The molecule has 0 rings (SSSR count). The maximum Gasteiger partial charge on any atom is 0.0495 e. The van der Waals surface area contributed by atoms with Crippen LogP contribution in [0.3, 0.4) is 0 Å². The molecule has 3 nitrogen and oxygen atoms in total. The van der Waals surface area contributed by atoms with Crippen LogP contribution in [0, 0.1) is 0 Å². The van der Waals surface area contributed by atoms with Crippen molar-refractivity contribution in [2.45, 2.75) is 0 Å². The fourth-order valence-corrected chi connectivity index (χ4v) is 0. The molecule has 6 heteroatoms. The topological polar surface area (TPSA) is 54.4 Å². The summed E-state index contributed by atoms with van der Waals surface area (Å²) >= 11 is 0. The van der Waals surface area contributed by atoms with Crippen molar-refractivity contribution in [2.75, 3.05) is 0 Å². The van der Waals surface area contributed by atoms with Gasteiger partial charge in [-0.2, -0.15) is 0 Å². The summed E-state index contributed by atoms with van der Waals surface area (Å²) in [5, 5.41) is 0. The van der Waals surface area contributed by atoms with Gasteiger partial charge in [0, 0.05) is 57.6 Å². The standard InChI is InChI=1S/Fe.Na.HO3S/c;;1-4(2)3/h;;(H,1,2,3)/q;;-1. The van der Waals surface area contributed by atoms with Crippen molar-refractivity contribution in [1.82, 2.24) is 0 Å². The summed E-state index contributed by atoms with van der Waals surface area (Å²) in [6.45, 7) is 0. The molecule has 0 heterocycles. The van der Waals surface area contributed by atoms with E-state index in [9.17, 15) is 0 Å². The zero-order chi connectivity index (χ0) is 3.58. The van der Waals surface area contributed by atoms with E-state index in [1.54, 1.807) is 0 Å². The molecule has 0 aliphatic heterocycles. The second kappa shape index (κ2) is 9.66. The Labute approximate surface area is 70.0 Å². The van der Waals surface area contributed by atoms with Gasteiger partial charge in [0.15, 0.2) is 0 Å². The molecular formula is HFeNaO3S-. The second-order valence-corrected chi connectivity index (χ2v) is 0.651. The van der Waals surface area contributed by atoms with Crippen molar-refractivity contribution in [1.29, 1.82) is 0 Å². The van der Waals surface area contributed by atoms with Crippen molar-refractivity contribution in [3.8, 4) is 0 Å². The molecule has 0 saturated heterocycles. The van der Waals surface area contributed by atoms with Gasteiger partial charge in [-0.3, -0.25) is 0 Å². The summed E-state index contributed by atoms with van der Waals surface area (Å²) in [4.78, 5) is 0. The summed E-state index contributed by atoms with van der Waals surface area (Å²) in [5.74, 6) is 0. The van der Waals surface area contributed by atoms with Gasteiger partial charge in [0.2, 0.25) is 0 Å². The van der Waals surface area contributed by atoms with E-state index in [1.807, 2.05) is 0 Å². The second-order valence-electron chi connectivity index (χ2n) is 0.217. The first kappa shape index (κ1) is 15.7. The molecule has 0 spiro atoms. The number of hydrogen-bond acceptors (Lipinski definition) is 3. The van der Waals surface area contributed by atoms with Crippen molar-refractivity contribution in [3.05, 3.63) is 0 Å². The average molecular weight is 160 g/mol. The number of hydrogen-bond donors (Lipinski definition) is 1. The van der Waals surface area contributed by atoms with E-state index in [2.05, 4.69) is 0 Å². The third-order valence-corrected chi connectivity index (χ3v) is 0. The Morgan fingerprint density at radius 1 is 1.33 bits per heavy atom. The van der Waals surface area contributed by atoms with E-state index >= 15 is 0 Å². The average Bonchev–Trinajstić information content (AvgIpc) is 0.811. The van der Waals surface area contributed by atoms with Gasteiger partial charge in [-0.25, -0.2) is 0 Å². The van der Waals surface area contributed by atoms with E-state index in [0.717, 1.165) is 0 Å². The van der Waals surface area contributed by atoms with Gasteiger partial charge in [-0.15, -0.1) is 0 Å². The molecule has 6 heavy (non-hydrogen) atoms. The number of rotatable bonds is 0. The predicted octanol–water partition coefficient (Wildman–Crippen LogP) is -0.615. The Kier molecular flexibility index (Phi) is 25.2. The van der Waals surface area contributed by atoms with E-state index in [0.29, 0.717) is 0 Å². The third-order valence-electron chi connectivity index (χ3n) is 0. The minimum absolute atomic E-state index is 0. The molecule has 0 bridgehead atoms. The van der Waals surface area contributed by atoms with Gasteiger partial charge in [0.25, 0.3) is 0 Å². The Balaban J connectivity index is -0.0000000450. The Morgan fingerprint density at radius 2 is 1.33 bits per heavy atom. The van der Waals surface area contributed by atoms with Crippen LogP contribution in [0.25, 0.3) is 0 Å². The van der Waals surface area contributed by atoms with Gasteiger partial charge in [-0.1, -0.05) is 0 Å². The van der Waals surface area contributed by atoms with E-state index in [-0.39, 0.29) is 46.6 Å². The van der Waals surface area contributed by atoms with Crippen molar-refractivity contribution < 1.29 is 30.0 Å². The van der Waals surface area contributed by atoms with Crippen LogP contribution < -0.4 is 0 Å². The summed E-state index contributed by atoms with van der Waals surface area (Å²) in [6.07, 6.45) is 0. The van der Waals surface area contributed by atoms with Crippen LogP contribution in [-0.4, -0.2) is 34.1 Å². The monoisotopic (exact) mass is 160 g/mol. The summed E-state index contributed by atoms with van der Waals surface area (Å²) in [5.41, 5.74) is 0. The molecule has 0 aliphatic rings. The molecule has 35 valence electrons. The Hall–Kier alpha value is 1.43. The van der Waals surface area contributed by atoms with E-state index in [1.165, 1.54) is 0 Å². The SMILES string of the molecule is O=[S-](=O)O.[Fe].[Na]. The molecule has 0 atom stereocenters. The quantitative estimate of drug-likeness (QED) is 0.222. The molecule has 0 aliphatic carbocycles. The maximum absolute atomic E-state index is 8.56. The van der Waals surface area contributed by atoms with Gasteiger partial charge in [-0.05, 0) is 0 Å². The summed E-state index contributed by atoms with van der Waals surface area (Å²) in [6, 6.07) is 0. The van der Waals surface area contributed by atoms with Gasteiger partial charge in [0.1, 0.15) is 0 Å². The summed E-state index contributed by atoms with van der Waals surface area (Å²) < 4.78 is 24.1. The molecule has 1 radical (unpaired) electrons. The van der Waals surface area contributed by atoms with Gasteiger partial charge >= 0.3 is 0 Å². The Morgan fingerprint density at radius 3 is 1.33 bits per heavy atom. The zero-order valence-electron chi connectivity index (χ0n) is 3.03. The molecule has 0 aromatic rings. The van der Waals surface area contributed by atoms with Crippen molar-refractivity contribution in [2.24, 2.45) is 0 Å². The van der Waals surface area contributed by atoms with Crippen LogP contribution in [0.15, 0.2) is 0 Å². The largest absolute Gasteiger partial charge is 0.439 e. The van der Waals surface area contributed by atoms with Crippen LogP contribution in [-0.2, 0) is 36.5 Å². The maximum atomic E-state index is 8.56. The normalized spacial score (nSPS) is 5.67. The predicted molar refractivity (Wildman–Crippen MR) is 17.1 cm³/mol. The van der Waals surface area contributed by atoms with Crippen LogP contribution in [0.2, 0.25) is 0 Å². The first-order valence-electron chi connectivity index (χ1n) is 0.516. The Bertz CT molecular complexity index is 59.2. The van der Waals surface area contributed by atoms with Crippen LogP contribution in [0.4, 0.5) is 0 Å². The minimum Gasteiger partial charge on any atom is -0.439 e. The molecule has 0 fully saturated rings. The smallest absolute Gasteiger partial charge is 0.0495 e. The molecular weight excluding hydrogens is 159 g/mol. The molecule has 0 aromatic carbocycles. The fourth-order valence-electron chi connectivity index (χ4n) is 0. The van der Waals surface area contributed by atoms with Crippen LogP contribution in [0.1, 0.15) is 0 Å². The minimum atomic E-state index is -2.86.